The molecule has 0 saturated carbocycles. The minimum absolute atomic E-state index is 0. The van der Waals surface area contributed by atoms with Gasteiger partial charge in [0.15, 0.2) is 0 Å². The van der Waals surface area contributed by atoms with Crippen LogP contribution in [0.1, 0.15) is 24.8 Å². The van der Waals surface area contributed by atoms with Crippen LogP contribution in [0.5, 0.6) is 0 Å². The van der Waals surface area contributed by atoms with Crippen molar-refractivity contribution in [1.82, 2.24) is 15.1 Å². The van der Waals surface area contributed by atoms with Gasteiger partial charge in [0.2, 0.25) is 5.91 Å². The van der Waals surface area contributed by atoms with E-state index in [9.17, 15) is 4.79 Å². The zero-order chi connectivity index (χ0) is 17.5. The van der Waals surface area contributed by atoms with Crippen molar-refractivity contribution in [2.75, 3.05) is 46.4 Å². The van der Waals surface area contributed by atoms with Crippen LogP contribution < -0.4 is 5.32 Å². The summed E-state index contributed by atoms with van der Waals surface area (Å²) in [6.07, 6.45) is 3.57. The lowest BCUT2D eigenvalue weighted by molar-refractivity contribution is -0.138. The maximum absolute atomic E-state index is 13.0. The second kappa shape index (κ2) is 12.6. The molecule has 1 aromatic carbocycles. The number of rotatable bonds is 6. The molecule has 1 N–H and O–H groups in total. The first-order valence-electron chi connectivity index (χ1n) is 9.56. The smallest absolute Gasteiger partial charge is 0.225 e. The molecular formula is C20H33Cl2N3O2. The summed E-state index contributed by atoms with van der Waals surface area (Å²) in [6, 6.07) is 10.8. The number of morpholine rings is 1. The predicted molar refractivity (Wildman–Crippen MR) is 114 cm³/mol. The summed E-state index contributed by atoms with van der Waals surface area (Å²) in [7, 11) is 2.16. The number of hydrogen-bond donors (Lipinski definition) is 1. The van der Waals surface area contributed by atoms with Gasteiger partial charge < -0.3 is 19.9 Å². The third-order valence-electron chi connectivity index (χ3n) is 5.34. The fraction of sp³-hybridized carbons (Fsp3) is 0.650. The molecule has 0 bridgehead atoms. The Bertz CT molecular complexity index is 533. The van der Waals surface area contributed by atoms with Crippen LogP contribution in [0.2, 0.25) is 0 Å². The average molecular weight is 418 g/mol. The number of halogens is 2. The lowest BCUT2D eigenvalue weighted by Gasteiger charge is -2.38. The number of piperidine rings is 1. The second-order valence-electron chi connectivity index (χ2n) is 7.26. The predicted octanol–water partition coefficient (Wildman–Crippen LogP) is 2.37. The molecule has 5 nitrogen and oxygen atoms in total. The van der Waals surface area contributed by atoms with E-state index < -0.39 is 0 Å². The molecule has 3 rings (SSSR count). The Morgan fingerprint density at radius 2 is 1.93 bits per heavy atom. The van der Waals surface area contributed by atoms with Crippen molar-refractivity contribution in [3.63, 3.8) is 0 Å². The highest BCUT2D eigenvalue weighted by molar-refractivity contribution is 5.85. The minimum Gasteiger partial charge on any atom is -0.375 e. The van der Waals surface area contributed by atoms with E-state index in [0.29, 0.717) is 19.1 Å². The fourth-order valence-electron chi connectivity index (χ4n) is 3.77. The minimum atomic E-state index is 0. The van der Waals surface area contributed by atoms with Crippen LogP contribution in [0.15, 0.2) is 30.3 Å². The topological polar surface area (TPSA) is 44.8 Å². The Hall–Kier alpha value is -0.850. The van der Waals surface area contributed by atoms with Gasteiger partial charge in [0, 0.05) is 25.7 Å². The number of amides is 1. The molecule has 1 amide bonds. The van der Waals surface area contributed by atoms with E-state index in [1.54, 1.807) is 0 Å². The van der Waals surface area contributed by atoms with Crippen molar-refractivity contribution < 1.29 is 9.53 Å². The second-order valence-corrected chi connectivity index (χ2v) is 7.26. The lowest BCUT2D eigenvalue weighted by atomic mass is 10.0. The van der Waals surface area contributed by atoms with Gasteiger partial charge in [-0.2, -0.15) is 0 Å². The molecule has 2 fully saturated rings. The van der Waals surface area contributed by atoms with Crippen LogP contribution in [0.4, 0.5) is 0 Å². The summed E-state index contributed by atoms with van der Waals surface area (Å²) < 4.78 is 5.75. The summed E-state index contributed by atoms with van der Waals surface area (Å²) in [4.78, 5) is 17.5. The SMILES string of the molecule is CN1CCC(N(CCc2ccccc2)C(=O)CC2CNCCO2)CC1.Cl.Cl. The van der Waals surface area contributed by atoms with Crippen molar-refractivity contribution in [3.05, 3.63) is 35.9 Å². The summed E-state index contributed by atoms with van der Waals surface area (Å²) in [5.74, 6) is 0.249. The number of nitrogens with one attached hydrogen (secondary N) is 1. The number of ether oxygens (including phenoxy) is 1. The van der Waals surface area contributed by atoms with Gasteiger partial charge in [0.1, 0.15) is 0 Å². The van der Waals surface area contributed by atoms with Crippen molar-refractivity contribution in [1.29, 1.82) is 0 Å². The van der Waals surface area contributed by atoms with Crippen molar-refractivity contribution in [2.45, 2.75) is 37.8 Å². The maximum Gasteiger partial charge on any atom is 0.225 e. The van der Waals surface area contributed by atoms with E-state index in [1.807, 2.05) is 6.07 Å². The third kappa shape index (κ3) is 7.59. The number of likely N-dealkylation sites (tertiary alicyclic amines) is 1. The van der Waals surface area contributed by atoms with Gasteiger partial charge in [-0.25, -0.2) is 0 Å². The van der Waals surface area contributed by atoms with Crippen LogP contribution in [0.3, 0.4) is 0 Å². The van der Waals surface area contributed by atoms with Crippen molar-refractivity contribution in [3.8, 4) is 0 Å². The van der Waals surface area contributed by atoms with Crippen LogP contribution in [0, 0.1) is 0 Å². The summed E-state index contributed by atoms with van der Waals surface area (Å²) >= 11 is 0. The van der Waals surface area contributed by atoms with Gasteiger partial charge >= 0.3 is 0 Å². The van der Waals surface area contributed by atoms with Gasteiger partial charge in [0.05, 0.1) is 19.1 Å². The number of nitrogens with zero attached hydrogens (tertiary/aromatic N) is 2. The van der Waals surface area contributed by atoms with E-state index in [1.165, 1.54) is 5.56 Å². The Morgan fingerprint density at radius 3 is 2.56 bits per heavy atom. The first-order valence-corrected chi connectivity index (χ1v) is 9.56. The normalized spacial score (nSPS) is 21.0. The van der Waals surface area contributed by atoms with Gasteiger partial charge in [-0.05, 0) is 45.0 Å². The Morgan fingerprint density at radius 1 is 1.22 bits per heavy atom. The standard InChI is InChI=1S/C20H31N3O2.2ClH/c1-22-11-8-18(9-12-22)23(13-7-17-5-3-2-4-6-17)20(24)15-19-16-21-10-14-25-19;;/h2-6,18-19,21H,7-16H2,1H3;2*1H. The van der Waals surface area contributed by atoms with Crippen LogP contribution >= 0.6 is 24.8 Å². The van der Waals surface area contributed by atoms with Crippen molar-refractivity contribution >= 4 is 30.7 Å². The van der Waals surface area contributed by atoms with E-state index in [0.717, 1.165) is 52.0 Å². The largest absolute Gasteiger partial charge is 0.375 e. The number of carbonyl (C=O) groups excluding carboxylic acids is 1. The van der Waals surface area contributed by atoms with Gasteiger partial charge in [0.25, 0.3) is 0 Å². The molecule has 2 saturated heterocycles. The first-order chi connectivity index (χ1) is 12.2. The Labute approximate surface area is 175 Å². The van der Waals surface area contributed by atoms with Crippen molar-refractivity contribution in [2.24, 2.45) is 0 Å². The first kappa shape index (κ1) is 24.2. The van der Waals surface area contributed by atoms with Gasteiger partial charge in [-0.15, -0.1) is 24.8 Å². The Balaban J connectivity index is 0.00000182. The quantitative estimate of drug-likeness (QED) is 0.771. The van der Waals surface area contributed by atoms with E-state index >= 15 is 0 Å². The molecule has 0 spiro atoms. The third-order valence-corrected chi connectivity index (χ3v) is 5.34. The van der Waals surface area contributed by atoms with E-state index in [-0.39, 0.29) is 36.8 Å². The van der Waals surface area contributed by atoms with Gasteiger partial charge in [-0.3, -0.25) is 4.79 Å². The zero-order valence-electron chi connectivity index (χ0n) is 16.1. The molecule has 2 aliphatic heterocycles. The molecule has 0 aromatic heterocycles. The fourth-order valence-corrected chi connectivity index (χ4v) is 3.77. The van der Waals surface area contributed by atoms with E-state index in [2.05, 4.69) is 46.4 Å². The van der Waals surface area contributed by atoms with E-state index in [4.69, 9.17) is 4.74 Å². The number of hydrogen-bond acceptors (Lipinski definition) is 4. The molecule has 7 heteroatoms. The van der Waals surface area contributed by atoms with Crippen LogP contribution in [0.25, 0.3) is 0 Å². The summed E-state index contributed by atoms with van der Waals surface area (Å²) in [6.45, 7) is 5.32. The maximum atomic E-state index is 13.0. The molecule has 2 aliphatic rings. The molecule has 27 heavy (non-hydrogen) atoms. The molecule has 1 aromatic rings. The summed E-state index contributed by atoms with van der Waals surface area (Å²) in [5.41, 5.74) is 1.30. The number of carbonyl (C=O) groups is 1. The molecule has 1 unspecified atom stereocenters. The Kier molecular flexibility index (Phi) is 11.3. The molecular weight excluding hydrogens is 385 g/mol. The molecule has 0 aliphatic carbocycles. The monoisotopic (exact) mass is 417 g/mol. The highest BCUT2D eigenvalue weighted by Gasteiger charge is 2.28. The van der Waals surface area contributed by atoms with Crippen LogP contribution in [-0.4, -0.2) is 74.2 Å². The molecule has 0 radical (unpaired) electrons. The highest BCUT2D eigenvalue weighted by atomic mass is 35.5. The number of benzene rings is 1. The lowest BCUT2D eigenvalue weighted by Crippen LogP contribution is -2.49. The molecule has 1 atom stereocenters. The zero-order valence-corrected chi connectivity index (χ0v) is 17.8. The summed E-state index contributed by atoms with van der Waals surface area (Å²) in [5, 5.41) is 3.32. The molecule has 154 valence electrons. The van der Waals surface area contributed by atoms with Crippen LogP contribution in [-0.2, 0) is 16.0 Å². The molecule has 2 heterocycles. The van der Waals surface area contributed by atoms with Gasteiger partial charge in [-0.1, -0.05) is 30.3 Å². The average Bonchev–Trinajstić information content (AvgIpc) is 2.65. The highest BCUT2D eigenvalue weighted by Crippen LogP contribution is 2.19.